The van der Waals surface area contributed by atoms with Crippen LogP contribution in [-0.2, 0) is 4.74 Å². The SMILES string of the molecule is C=CC.C=CF.CCOCC. The Kier molecular flexibility index (Phi) is 52.4. The molecule has 0 aromatic rings. The van der Waals surface area contributed by atoms with Gasteiger partial charge in [0.2, 0.25) is 0 Å². The lowest BCUT2D eigenvalue weighted by atomic mass is 10.8. The molecule has 0 saturated carbocycles. The molecule has 0 aliphatic rings. The van der Waals surface area contributed by atoms with E-state index in [0.717, 1.165) is 13.2 Å². The van der Waals surface area contributed by atoms with Crippen molar-refractivity contribution in [3.8, 4) is 0 Å². The van der Waals surface area contributed by atoms with Crippen molar-refractivity contribution >= 4 is 0 Å². The summed E-state index contributed by atoms with van der Waals surface area (Å²) in [4.78, 5) is 0. The monoisotopic (exact) mass is 162 g/mol. The first-order chi connectivity index (χ1) is 5.24. The topological polar surface area (TPSA) is 9.23 Å². The second kappa shape index (κ2) is 34.4. The molecule has 1 nitrogen and oxygen atoms in total. The zero-order valence-electron chi connectivity index (χ0n) is 7.77. The normalized spacial score (nSPS) is 6.18. The Morgan fingerprint density at radius 3 is 1.45 bits per heavy atom. The fourth-order valence-corrected chi connectivity index (χ4v) is 0.204. The molecule has 0 saturated heterocycles. The third-order valence-corrected chi connectivity index (χ3v) is 0.408. The van der Waals surface area contributed by atoms with Crippen LogP contribution in [0.4, 0.5) is 4.39 Å². The summed E-state index contributed by atoms with van der Waals surface area (Å²) in [6.07, 6.45) is 2.00. The van der Waals surface area contributed by atoms with Crippen molar-refractivity contribution in [3.05, 3.63) is 25.6 Å². The highest BCUT2D eigenvalue weighted by Gasteiger charge is 1.64. The van der Waals surface area contributed by atoms with Gasteiger partial charge in [0, 0.05) is 13.2 Å². The maximum absolute atomic E-state index is 10.1. The Balaban J connectivity index is -0.0000000933. The third-order valence-electron chi connectivity index (χ3n) is 0.408. The van der Waals surface area contributed by atoms with Gasteiger partial charge in [0.25, 0.3) is 0 Å². The summed E-state index contributed by atoms with van der Waals surface area (Å²) in [5.41, 5.74) is 0. The first-order valence-corrected chi connectivity index (χ1v) is 3.60. The molecule has 0 unspecified atom stereocenters. The van der Waals surface area contributed by atoms with Crippen molar-refractivity contribution in [1.29, 1.82) is 0 Å². The molecule has 0 aromatic carbocycles. The molecule has 0 aliphatic carbocycles. The molecule has 68 valence electrons. The molecule has 11 heavy (non-hydrogen) atoms. The molecule has 0 spiro atoms. The summed E-state index contributed by atoms with van der Waals surface area (Å²) in [5, 5.41) is 0. The second-order valence-corrected chi connectivity index (χ2v) is 1.34. The minimum absolute atomic E-state index is 0.250. The highest BCUT2D eigenvalue weighted by Crippen LogP contribution is 1.64. The summed E-state index contributed by atoms with van der Waals surface area (Å²) >= 11 is 0. The number of allylic oxidation sites excluding steroid dienone is 1. The molecule has 0 atom stereocenters. The Morgan fingerprint density at radius 2 is 1.45 bits per heavy atom. The molecule has 0 amide bonds. The van der Waals surface area contributed by atoms with Crippen LogP contribution in [0.5, 0.6) is 0 Å². The summed E-state index contributed by atoms with van der Waals surface area (Å²) < 4.78 is 14.9. The van der Waals surface area contributed by atoms with Crippen molar-refractivity contribution in [3.63, 3.8) is 0 Å². The fraction of sp³-hybridized carbons (Fsp3) is 0.556. The van der Waals surface area contributed by atoms with Gasteiger partial charge in [0.15, 0.2) is 0 Å². The standard InChI is InChI=1S/C4H10O.C3H6.C2H3F/c1-3-5-4-2;1-3-2;1-2-3/h3-4H2,1-2H3;3H,1H2,2H3;2H,1H2. The first-order valence-electron chi connectivity index (χ1n) is 3.60. The van der Waals surface area contributed by atoms with Gasteiger partial charge in [0.1, 0.15) is 0 Å². The van der Waals surface area contributed by atoms with Gasteiger partial charge < -0.3 is 4.74 Å². The molecule has 0 aliphatic heterocycles. The highest BCUT2D eigenvalue weighted by molar-refractivity contribution is 4.51. The largest absolute Gasteiger partial charge is 0.382 e. The van der Waals surface area contributed by atoms with Gasteiger partial charge in [-0.25, -0.2) is 4.39 Å². The highest BCUT2D eigenvalue weighted by atomic mass is 19.1. The summed E-state index contributed by atoms with van der Waals surface area (Å²) in [6, 6.07) is 0. The number of halogens is 1. The van der Waals surface area contributed by atoms with E-state index in [-0.39, 0.29) is 6.33 Å². The van der Waals surface area contributed by atoms with Crippen LogP contribution >= 0.6 is 0 Å². The maximum Gasteiger partial charge on any atom is 0.0795 e. The lowest BCUT2D eigenvalue weighted by Gasteiger charge is -1.86. The summed E-state index contributed by atoms with van der Waals surface area (Å²) in [5.74, 6) is 0. The molecule has 2 heteroatoms. The zero-order chi connectivity index (χ0) is 9.54. The van der Waals surface area contributed by atoms with Gasteiger partial charge in [-0.05, 0) is 20.8 Å². The third kappa shape index (κ3) is 271. The van der Waals surface area contributed by atoms with Gasteiger partial charge in [-0.3, -0.25) is 0 Å². The van der Waals surface area contributed by atoms with Crippen LogP contribution in [0.3, 0.4) is 0 Å². The van der Waals surface area contributed by atoms with Crippen molar-refractivity contribution in [1.82, 2.24) is 0 Å². The predicted octanol–water partition coefficient (Wildman–Crippen LogP) is 3.33. The lowest BCUT2D eigenvalue weighted by molar-refractivity contribution is 0.162. The Bertz CT molecular complexity index is 54.6. The van der Waals surface area contributed by atoms with Gasteiger partial charge >= 0.3 is 0 Å². The number of ether oxygens (including phenoxy) is 1. The number of hydrogen-bond donors (Lipinski definition) is 0. The van der Waals surface area contributed by atoms with Crippen molar-refractivity contribution in [2.45, 2.75) is 20.8 Å². The Hall–Kier alpha value is -0.630. The summed E-state index contributed by atoms with van der Waals surface area (Å²) in [6.45, 7) is 13.6. The van der Waals surface area contributed by atoms with Crippen molar-refractivity contribution in [2.24, 2.45) is 0 Å². The Labute approximate surface area is 69.6 Å². The van der Waals surface area contributed by atoms with Crippen LogP contribution in [-0.4, -0.2) is 13.2 Å². The van der Waals surface area contributed by atoms with E-state index in [0.29, 0.717) is 0 Å². The van der Waals surface area contributed by atoms with E-state index in [2.05, 4.69) is 13.2 Å². The Morgan fingerprint density at radius 1 is 1.27 bits per heavy atom. The van der Waals surface area contributed by atoms with Crippen LogP contribution < -0.4 is 0 Å². The molecular weight excluding hydrogens is 143 g/mol. The first kappa shape index (κ1) is 16.8. The van der Waals surface area contributed by atoms with Crippen molar-refractivity contribution < 1.29 is 9.13 Å². The average Bonchev–Trinajstić information content (AvgIpc) is 1.92. The van der Waals surface area contributed by atoms with E-state index in [1.165, 1.54) is 0 Å². The molecule has 0 heterocycles. The number of rotatable bonds is 2. The van der Waals surface area contributed by atoms with E-state index in [1.54, 1.807) is 6.08 Å². The van der Waals surface area contributed by atoms with E-state index in [4.69, 9.17) is 4.74 Å². The van der Waals surface area contributed by atoms with E-state index < -0.39 is 0 Å². The smallest absolute Gasteiger partial charge is 0.0795 e. The van der Waals surface area contributed by atoms with E-state index >= 15 is 0 Å². The molecule has 0 rings (SSSR count). The molecular formula is C9H19FO. The van der Waals surface area contributed by atoms with E-state index in [1.807, 2.05) is 20.8 Å². The molecule has 0 N–H and O–H groups in total. The van der Waals surface area contributed by atoms with Crippen LogP contribution in [0.2, 0.25) is 0 Å². The fourth-order valence-electron chi connectivity index (χ4n) is 0.204. The van der Waals surface area contributed by atoms with Crippen LogP contribution in [0.1, 0.15) is 20.8 Å². The van der Waals surface area contributed by atoms with Gasteiger partial charge in [0.05, 0.1) is 6.33 Å². The van der Waals surface area contributed by atoms with Gasteiger partial charge in [-0.2, -0.15) is 0 Å². The maximum atomic E-state index is 10.1. The molecule has 0 bridgehead atoms. The predicted molar refractivity (Wildman–Crippen MR) is 49.3 cm³/mol. The van der Waals surface area contributed by atoms with Crippen LogP contribution in [0, 0.1) is 0 Å². The molecule has 0 radical (unpaired) electrons. The van der Waals surface area contributed by atoms with E-state index in [9.17, 15) is 4.39 Å². The van der Waals surface area contributed by atoms with Gasteiger partial charge in [-0.1, -0.05) is 12.7 Å². The second-order valence-electron chi connectivity index (χ2n) is 1.34. The minimum Gasteiger partial charge on any atom is -0.382 e. The molecule has 0 fully saturated rings. The minimum atomic E-state index is 0.250. The lowest BCUT2D eigenvalue weighted by Crippen LogP contribution is -1.84. The van der Waals surface area contributed by atoms with Gasteiger partial charge in [-0.15, -0.1) is 6.58 Å². The molecule has 0 aromatic heterocycles. The quantitative estimate of drug-likeness (QED) is 0.566. The van der Waals surface area contributed by atoms with Crippen LogP contribution in [0.25, 0.3) is 0 Å². The zero-order valence-corrected chi connectivity index (χ0v) is 7.77. The average molecular weight is 162 g/mol. The number of hydrogen-bond acceptors (Lipinski definition) is 1. The van der Waals surface area contributed by atoms with Crippen molar-refractivity contribution in [2.75, 3.05) is 13.2 Å². The summed E-state index contributed by atoms with van der Waals surface area (Å²) in [7, 11) is 0. The van der Waals surface area contributed by atoms with Crippen LogP contribution in [0.15, 0.2) is 25.6 Å².